The summed E-state index contributed by atoms with van der Waals surface area (Å²) in [5.74, 6) is -0.101. The summed E-state index contributed by atoms with van der Waals surface area (Å²) in [5.41, 5.74) is 6.68. The molecule has 2 aromatic rings. The van der Waals surface area contributed by atoms with Gasteiger partial charge in [-0.15, -0.1) is 11.3 Å². The van der Waals surface area contributed by atoms with Crippen LogP contribution in [0.5, 0.6) is 0 Å². The molecule has 0 fully saturated rings. The lowest BCUT2D eigenvalue weighted by Gasteiger charge is -2.20. The van der Waals surface area contributed by atoms with Crippen LogP contribution in [0.4, 0.5) is 0 Å². The maximum Gasteiger partial charge on any atom is 0.244 e. The van der Waals surface area contributed by atoms with E-state index in [9.17, 15) is 4.79 Å². The van der Waals surface area contributed by atoms with E-state index >= 15 is 0 Å². The van der Waals surface area contributed by atoms with Crippen LogP contribution in [0, 0.1) is 0 Å². The van der Waals surface area contributed by atoms with Crippen molar-refractivity contribution >= 4 is 17.2 Å². The van der Waals surface area contributed by atoms with Gasteiger partial charge >= 0.3 is 0 Å². The van der Waals surface area contributed by atoms with Crippen molar-refractivity contribution in [2.24, 2.45) is 12.8 Å². The number of nitrogens with two attached hydrogens (primary N) is 1. The lowest BCUT2D eigenvalue weighted by Crippen LogP contribution is -2.35. The quantitative estimate of drug-likeness (QED) is 0.900. The number of thiophene rings is 1. The summed E-state index contributed by atoms with van der Waals surface area (Å²) in [4.78, 5) is 14.9. The number of likely N-dealkylation sites (N-methyl/N-ethyl adjacent to an activating group) is 1. The van der Waals surface area contributed by atoms with E-state index in [1.165, 1.54) is 0 Å². The Morgan fingerprint density at radius 2 is 2.44 bits per heavy atom. The maximum atomic E-state index is 12.1. The second-order valence-corrected chi connectivity index (χ2v) is 5.23. The van der Waals surface area contributed by atoms with E-state index in [0.717, 1.165) is 10.4 Å². The lowest BCUT2D eigenvalue weighted by atomic mass is 10.1. The van der Waals surface area contributed by atoms with Crippen molar-refractivity contribution in [2.45, 2.75) is 12.6 Å². The van der Waals surface area contributed by atoms with Crippen molar-refractivity contribution in [3.05, 3.63) is 40.3 Å². The van der Waals surface area contributed by atoms with Gasteiger partial charge in [0.15, 0.2) is 0 Å². The zero-order valence-corrected chi connectivity index (χ0v) is 11.2. The predicted molar refractivity (Wildman–Crippen MR) is 70.9 cm³/mol. The highest BCUT2D eigenvalue weighted by Crippen LogP contribution is 2.15. The zero-order valence-electron chi connectivity index (χ0n) is 10.4. The molecule has 1 atom stereocenters. The highest BCUT2D eigenvalue weighted by Gasteiger charge is 2.21. The standard InChI is InChI=1S/C12H16N4OS/c1-15(8-10-4-3-5-18-10)12(17)11(13)9-6-14-16(2)7-9/h3-7,11H,8,13H2,1-2H3. The third-order valence-electron chi connectivity index (χ3n) is 2.70. The number of carbonyl (C=O) groups is 1. The third-order valence-corrected chi connectivity index (χ3v) is 3.56. The topological polar surface area (TPSA) is 64.2 Å². The van der Waals surface area contributed by atoms with Crippen molar-refractivity contribution in [1.29, 1.82) is 0 Å². The van der Waals surface area contributed by atoms with Gasteiger partial charge in [0.25, 0.3) is 0 Å². The molecular weight excluding hydrogens is 248 g/mol. The van der Waals surface area contributed by atoms with E-state index in [-0.39, 0.29) is 5.91 Å². The first-order valence-electron chi connectivity index (χ1n) is 5.59. The summed E-state index contributed by atoms with van der Waals surface area (Å²) in [6, 6.07) is 3.33. The Labute approximate surface area is 110 Å². The van der Waals surface area contributed by atoms with Crippen LogP contribution in [-0.4, -0.2) is 27.6 Å². The average molecular weight is 264 g/mol. The number of carbonyl (C=O) groups excluding carboxylic acids is 1. The van der Waals surface area contributed by atoms with Gasteiger partial charge in [0, 0.05) is 30.7 Å². The van der Waals surface area contributed by atoms with Crippen LogP contribution in [0.2, 0.25) is 0 Å². The molecule has 0 aromatic carbocycles. The number of aromatic nitrogens is 2. The van der Waals surface area contributed by atoms with Crippen LogP contribution in [0.3, 0.4) is 0 Å². The van der Waals surface area contributed by atoms with E-state index in [4.69, 9.17) is 5.73 Å². The Morgan fingerprint density at radius 3 is 3.00 bits per heavy atom. The minimum atomic E-state index is -0.649. The van der Waals surface area contributed by atoms with E-state index < -0.39 is 6.04 Å². The molecule has 6 heteroatoms. The van der Waals surface area contributed by atoms with E-state index in [2.05, 4.69) is 5.10 Å². The van der Waals surface area contributed by atoms with Crippen LogP contribution >= 0.6 is 11.3 Å². The number of aryl methyl sites for hydroxylation is 1. The van der Waals surface area contributed by atoms with Gasteiger partial charge in [0.2, 0.25) is 5.91 Å². The highest BCUT2D eigenvalue weighted by atomic mass is 32.1. The largest absolute Gasteiger partial charge is 0.339 e. The number of nitrogens with zero attached hydrogens (tertiary/aromatic N) is 3. The molecule has 0 bridgehead atoms. The molecule has 2 heterocycles. The van der Waals surface area contributed by atoms with Gasteiger partial charge in [0.1, 0.15) is 6.04 Å². The first-order valence-corrected chi connectivity index (χ1v) is 6.47. The number of hydrogen-bond acceptors (Lipinski definition) is 4. The SMILES string of the molecule is CN(Cc1cccs1)C(=O)C(N)c1cnn(C)c1. The molecule has 1 unspecified atom stereocenters. The van der Waals surface area contributed by atoms with Crippen molar-refractivity contribution in [1.82, 2.24) is 14.7 Å². The molecule has 0 saturated heterocycles. The van der Waals surface area contributed by atoms with Gasteiger partial charge in [-0.2, -0.15) is 5.10 Å². The Kier molecular flexibility index (Phi) is 3.78. The molecule has 5 nitrogen and oxygen atoms in total. The molecule has 0 aliphatic carbocycles. The van der Waals surface area contributed by atoms with Crippen molar-refractivity contribution in [3.8, 4) is 0 Å². The van der Waals surface area contributed by atoms with Gasteiger partial charge in [-0.3, -0.25) is 9.48 Å². The fourth-order valence-electron chi connectivity index (χ4n) is 1.69. The van der Waals surface area contributed by atoms with Gasteiger partial charge in [-0.1, -0.05) is 6.07 Å². The predicted octanol–water partition coefficient (Wildman–Crippen LogP) is 1.14. The van der Waals surface area contributed by atoms with Gasteiger partial charge < -0.3 is 10.6 Å². The van der Waals surface area contributed by atoms with Crippen LogP contribution < -0.4 is 5.73 Å². The van der Waals surface area contributed by atoms with Gasteiger partial charge in [0.05, 0.1) is 12.7 Å². The van der Waals surface area contributed by atoms with Crippen molar-refractivity contribution in [3.63, 3.8) is 0 Å². The monoisotopic (exact) mass is 264 g/mol. The fourth-order valence-corrected chi connectivity index (χ4v) is 2.45. The van der Waals surface area contributed by atoms with Crippen LogP contribution in [-0.2, 0) is 18.4 Å². The average Bonchev–Trinajstić information content (AvgIpc) is 2.98. The molecule has 96 valence electrons. The first-order chi connectivity index (χ1) is 8.58. The summed E-state index contributed by atoms with van der Waals surface area (Å²) < 4.78 is 1.64. The first kappa shape index (κ1) is 12.8. The molecule has 0 radical (unpaired) electrons. The Morgan fingerprint density at radius 1 is 1.67 bits per heavy atom. The zero-order chi connectivity index (χ0) is 13.1. The number of hydrogen-bond donors (Lipinski definition) is 1. The molecular formula is C12H16N4OS. The Bertz CT molecular complexity index is 520. The second-order valence-electron chi connectivity index (χ2n) is 4.20. The summed E-state index contributed by atoms with van der Waals surface area (Å²) in [5, 5.41) is 6.02. The molecule has 1 amide bonds. The molecule has 0 spiro atoms. The molecule has 18 heavy (non-hydrogen) atoms. The molecule has 2 N–H and O–H groups in total. The fraction of sp³-hybridized carbons (Fsp3) is 0.333. The molecule has 0 saturated carbocycles. The number of amides is 1. The minimum Gasteiger partial charge on any atom is -0.339 e. The second kappa shape index (κ2) is 5.32. The van der Waals surface area contributed by atoms with Crippen LogP contribution in [0.15, 0.2) is 29.9 Å². The molecule has 2 aromatic heterocycles. The Hall–Kier alpha value is -1.66. The molecule has 2 rings (SSSR count). The van der Waals surface area contributed by atoms with E-state index in [0.29, 0.717) is 6.54 Å². The minimum absolute atomic E-state index is 0.101. The summed E-state index contributed by atoms with van der Waals surface area (Å²) in [7, 11) is 3.56. The van der Waals surface area contributed by atoms with Crippen LogP contribution in [0.25, 0.3) is 0 Å². The Balaban J connectivity index is 2.02. The highest BCUT2D eigenvalue weighted by molar-refractivity contribution is 7.09. The molecule has 0 aliphatic heterocycles. The maximum absolute atomic E-state index is 12.1. The lowest BCUT2D eigenvalue weighted by molar-refractivity contribution is -0.131. The van der Waals surface area contributed by atoms with Crippen molar-refractivity contribution in [2.75, 3.05) is 7.05 Å². The van der Waals surface area contributed by atoms with E-state index in [1.807, 2.05) is 17.5 Å². The van der Waals surface area contributed by atoms with Gasteiger partial charge in [-0.05, 0) is 11.4 Å². The normalized spacial score (nSPS) is 12.4. The molecule has 0 aliphatic rings. The number of rotatable bonds is 4. The summed E-state index contributed by atoms with van der Waals surface area (Å²) >= 11 is 1.63. The van der Waals surface area contributed by atoms with Crippen molar-refractivity contribution < 1.29 is 4.79 Å². The van der Waals surface area contributed by atoms with Crippen LogP contribution in [0.1, 0.15) is 16.5 Å². The summed E-state index contributed by atoms with van der Waals surface area (Å²) in [6.45, 7) is 0.588. The summed E-state index contributed by atoms with van der Waals surface area (Å²) in [6.07, 6.45) is 3.39. The van der Waals surface area contributed by atoms with Gasteiger partial charge in [-0.25, -0.2) is 0 Å². The van der Waals surface area contributed by atoms with E-state index in [1.54, 1.807) is 47.4 Å². The smallest absolute Gasteiger partial charge is 0.244 e. The third kappa shape index (κ3) is 2.77.